The van der Waals surface area contributed by atoms with Crippen LogP contribution in [0, 0.1) is 6.92 Å². The van der Waals surface area contributed by atoms with Gasteiger partial charge in [-0.2, -0.15) is 0 Å². The minimum Gasteiger partial charge on any atom is -0.354 e. The number of aryl methyl sites for hydroxylation is 1. The highest BCUT2D eigenvalue weighted by Crippen LogP contribution is 2.46. The molecule has 1 aromatic heterocycles. The highest BCUT2D eigenvalue weighted by atomic mass is 16.2. The van der Waals surface area contributed by atoms with Gasteiger partial charge in [0.05, 0.1) is 11.7 Å². The standard InChI is InChI=1S/C32H34N4O2/c1-21-13-15-23(16-14-21)29-28(26-11-5-6-12-27(26)34-29)30-24-9-3-4-10-25(24)32(38)36(30)22(2)31(37)33-17-20-35-18-7-8-19-35/h3-6,9-16,22,30,34H,7-8,17-20H2,1-2H3,(H,33,37). The Kier molecular flexibility index (Phi) is 6.50. The van der Waals surface area contributed by atoms with Crippen LogP contribution in [0.15, 0.2) is 72.8 Å². The molecule has 0 bridgehead atoms. The molecular weight excluding hydrogens is 472 g/mol. The van der Waals surface area contributed by atoms with Crippen molar-refractivity contribution in [1.82, 2.24) is 20.1 Å². The third-order valence-corrected chi connectivity index (χ3v) is 8.08. The van der Waals surface area contributed by atoms with E-state index in [0.29, 0.717) is 12.1 Å². The molecule has 2 amide bonds. The van der Waals surface area contributed by atoms with E-state index in [1.54, 1.807) is 4.90 Å². The lowest BCUT2D eigenvalue weighted by atomic mass is 9.92. The summed E-state index contributed by atoms with van der Waals surface area (Å²) >= 11 is 0. The van der Waals surface area contributed by atoms with E-state index in [1.807, 2.05) is 43.3 Å². The summed E-state index contributed by atoms with van der Waals surface area (Å²) in [6, 6.07) is 23.4. The predicted molar refractivity (Wildman–Crippen MR) is 151 cm³/mol. The number of nitrogens with zero attached hydrogens (tertiary/aromatic N) is 2. The number of aromatic amines is 1. The van der Waals surface area contributed by atoms with Crippen LogP contribution in [0.2, 0.25) is 0 Å². The molecule has 3 heterocycles. The summed E-state index contributed by atoms with van der Waals surface area (Å²) in [4.78, 5) is 35.1. The molecule has 2 unspecified atom stereocenters. The Labute approximate surface area is 223 Å². The highest BCUT2D eigenvalue weighted by molar-refractivity contribution is 6.04. The largest absolute Gasteiger partial charge is 0.354 e. The van der Waals surface area contributed by atoms with Crippen LogP contribution in [0.3, 0.4) is 0 Å². The van der Waals surface area contributed by atoms with Gasteiger partial charge in [0.1, 0.15) is 6.04 Å². The van der Waals surface area contributed by atoms with Crippen LogP contribution in [0.1, 0.15) is 52.9 Å². The molecule has 6 nitrogen and oxygen atoms in total. The number of carbonyl (C=O) groups is 2. The number of aromatic nitrogens is 1. The molecule has 2 aliphatic rings. The highest BCUT2D eigenvalue weighted by Gasteiger charge is 2.44. The number of fused-ring (bicyclic) bond motifs is 2. The Balaban J connectivity index is 1.41. The van der Waals surface area contributed by atoms with E-state index in [0.717, 1.165) is 52.9 Å². The molecule has 0 spiro atoms. The fraction of sp³-hybridized carbons (Fsp3) is 0.312. The van der Waals surface area contributed by atoms with E-state index in [-0.39, 0.29) is 17.9 Å². The molecule has 1 saturated heterocycles. The first-order chi connectivity index (χ1) is 18.5. The van der Waals surface area contributed by atoms with Gasteiger partial charge in [0.15, 0.2) is 0 Å². The van der Waals surface area contributed by atoms with Crippen molar-refractivity contribution in [3.63, 3.8) is 0 Å². The lowest BCUT2D eigenvalue weighted by molar-refractivity contribution is -0.125. The predicted octanol–water partition coefficient (Wildman–Crippen LogP) is 5.29. The molecule has 0 saturated carbocycles. The fourth-order valence-electron chi connectivity index (χ4n) is 6.04. The van der Waals surface area contributed by atoms with Gasteiger partial charge >= 0.3 is 0 Å². The molecule has 0 aliphatic carbocycles. The summed E-state index contributed by atoms with van der Waals surface area (Å²) in [6.45, 7) is 7.54. The van der Waals surface area contributed by atoms with Gasteiger partial charge in [-0.1, -0.05) is 66.2 Å². The zero-order valence-electron chi connectivity index (χ0n) is 22.0. The maximum absolute atomic E-state index is 13.9. The second-order valence-corrected chi connectivity index (χ2v) is 10.5. The lowest BCUT2D eigenvalue weighted by Gasteiger charge is -2.31. The number of nitrogens with one attached hydrogen (secondary N) is 2. The zero-order chi connectivity index (χ0) is 26.2. The average molecular weight is 507 g/mol. The first kappa shape index (κ1) is 24.4. The number of amides is 2. The molecule has 0 radical (unpaired) electrons. The number of rotatable bonds is 7. The zero-order valence-corrected chi connectivity index (χ0v) is 22.0. The molecule has 3 aromatic carbocycles. The number of H-pyrrole nitrogens is 1. The van der Waals surface area contributed by atoms with Gasteiger partial charge in [-0.3, -0.25) is 9.59 Å². The summed E-state index contributed by atoms with van der Waals surface area (Å²) in [6.07, 6.45) is 2.45. The summed E-state index contributed by atoms with van der Waals surface area (Å²) in [5.41, 5.74) is 6.86. The van der Waals surface area contributed by atoms with Crippen molar-refractivity contribution in [2.75, 3.05) is 26.2 Å². The molecule has 1 fully saturated rings. The van der Waals surface area contributed by atoms with Gasteiger partial charge in [0.25, 0.3) is 5.91 Å². The fourth-order valence-corrected chi connectivity index (χ4v) is 6.04. The summed E-state index contributed by atoms with van der Waals surface area (Å²) in [5.74, 6) is -0.222. The van der Waals surface area contributed by atoms with Crippen molar-refractivity contribution in [2.24, 2.45) is 0 Å². The molecule has 6 heteroatoms. The second-order valence-electron chi connectivity index (χ2n) is 10.5. The lowest BCUT2D eigenvalue weighted by Crippen LogP contribution is -2.48. The Bertz CT molecular complexity index is 1480. The van der Waals surface area contributed by atoms with Crippen LogP contribution in [0.4, 0.5) is 0 Å². The number of para-hydroxylation sites is 1. The van der Waals surface area contributed by atoms with Crippen LogP contribution in [0.25, 0.3) is 22.2 Å². The smallest absolute Gasteiger partial charge is 0.255 e. The molecule has 2 aliphatic heterocycles. The molecule has 2 atom stereocenters. The van der Waals surface area contributed by atoms with Crippen molar-refractivity contribution in [2.45, 2.75) is 38.8 Å². The summed E-state index contributed by atoms with van der Waals surface area (Å²) < 4.78 is 0. The third-order valence-electron chi connectivity index (χ3n) is 8.08. The maximum Gasteiger partial charge on any atom is 0.255 e. The second kappa shape index (κ2) is 10.1. The number of hydrogen-bond donors (Lipinski definition) is 2. The van der Waals surface area contributed by atoms with Crippen molar-refractivity contribution >= 4 is 22.7 Å². The summed E-state index contributed by atoms with van der Waals surface area (Å²) in [5, 5.41) is 4.17. The SMILES string of the molecule is Cc1ccc(-c2[nH]c3ccccc3c2C2c3ccccc3C(=O)N2C(C)C(=O)NCCN2CCCC2)cc1. The van der Waals surface area contributed by atoms with E-state index in [1.165, 1.54) is 18.4 Å². The average Bonchev–Trinajstić information content (AvgIpc) is 3.65. The monoisotopic (exact) mass is 506 g/mol. The van der Waals surface area contributed by atoms with E-state index in [4.69, 9.17) is 0 Å². The first-order valence-corrected chi connectivity index (χ1v) is 13.6. The van der Waals surface area contributed by atoms with Crippen molar-refractivity contribution in [3.8, 4) is 11.3 Å². The minimum atomic E-state index is -0.627. The quantitative estimate of drug-likeness (QED) is 0.358. The van der Waals surface area contributed by atoms with Crippen molar-refractivity contribution in [1.29, 1.82) is 0 Å². The van der Waals surface area contributed by atoms with Crippen LogP contribution in [-0.2, 0) is 4.79 Å². The normalized spacial score (nSPS) is 18.2. The van der Waals surface area contributed by atoms with Gasteiger partial charge in [-0.15, -0.1) is 0 Å². The summed E-state index contributed by atoms with van der Waals surface area (Å²) in [7, 11) is 0. The maximum atomic E-state index is 13.9. The van der Waals surface area contributed by atoms with E-state index >= 15 is 0 Å². The third kappa shape index (κ3) is 4.29. The molecule has 2 N–H and O–H groups in total. The molecule has 194 valence electrons. The Morgan fingerprint density at radius 2 is 1.71 bits per heavy atom. The molecule has 4 aromatic rings. The molecule has 38 heavy (non-hydrogen) atoms. The van der Waals surface area contributed by atoms with Gasteiger partial charge in [0.2, 0.25) is 5.91 Å². The Morgan fingerprint density at radius 1 is 1.00 bits per heavy atom. The van der Waals surface area contributed by atoms with E-state index < -0.39 is 6.04 Å². The number of benzene rings is 3. The topological polar surface area (TPSA) is 68.4 Å². The van der Waals surface area contributed by atoms with Crippen molar-refractivity contribution in [3.05, 3.63) is 95.1 Å². The van der Waals surface area contributed by atoms with Crippen molar-refractivity contribution < 1.29 is 9.59 Å². The Morgan fingerprint density at radius 3 is 2.50 bits per heavy atom. The Hall–Kier alpha value is -3.90. The van der Waals surface area contributed by atoms with Gasteiger partial charge in [-0.05, 0) is 63.0 Å². The van der Waals surface area contributed by atoms with Gasteiger partial charge in [0, 0.05) is 35.1 Å². The van der Waals surface area contributed by atoms with Crippen LogP contribution < -0.4 is 5.32 Å². The van der Waals surface area contributed by atoms with Gasteiger partial charge in [-0.25, -0.2) is 0 Å². The minimum absolute atomic E-state index is 0.104. The van der Waals surface area contributed by atoms with E-state index in [9.17, 15) is 9.59 Å². The van der Waals surface area contributed by atoms with E-state index in [2.05, 4.69) is 58.5 Å². The number of likely N-dealkylation sites (tertiary alicyclic amines) is 1. The number of carbonyl (C=O) groups excluding carboxylic acids is 2. The van der Waals surface area contributed by atoms with Crippen LogP contribution in [0.5, 0.6) is 0 Å². The van der Waals surface area contributed by atoms with Crippen LogP contribution >= 0.6 is 0 Å². The number of hydrogen-bond acceptors (Lipinski definition) is 3. The van der Waals surface area contributed by atoms with Gasteiger partial charge < -0.3 is 20.1 Å². The van der Waals surface area contributed by atoms with Crippen LogP contribution in [-0.4, -0.2) is 58.8 Å². The molecular formula is C32H34N4O2. The first-order valence-electron chi connectivity index (χ1n) is 13.6. The molecule has 6 rings (SSSR count).